The van der Waals surface area contributed by atoms with Crippen LogP contribution in [0.5, 0.6) is 0 Å². The molecule has 0 spiro atoms. The molecule has 0 radical (unpaired) electrons. The number of fused-ring (bicyclic) bond motifs is 2. The number of carbonyl (C=O) groups is 4. The number of hydrogen-bond acceptors (Lipinski definition) is 5. The zero-order valence-corrected chi connectivity index (χ0v) is 13.7. The number of carbonyl (C=O) groups excluding carboxylic acids is 4. The number of hydrogen-bond donors (Lipinski definition) is 1. The van der Waals surface area contributed by atoms with Crippen LogP contribution in [0.3, 0.4) is 0 Å². The van der Waals surface area contributed by atoms with Crippen LogP contribution in [-0.4, -0.2) is 40.8 Å². The highest BCUT2D eigenvalue weighted by Crippen LogP contribution is 2.26. The Kier molecular flexibility index (Phi) is 3.47. The SMILES string of the molecule is CN1Cc2cc(C(=O)ON3C(=O)c4ccccc4C3=O)ccc2NC1=O. The van der Waals surface area contributed by atoms with Crippen molar-refractivity contribution in [3.8, 4) is 0 Å². The van der Waals surface area contributed by atoms with Crippen molar-refractivity contribution in [2.45, 2.75) is 6.54 Å². The molecule has 4 amide bonds. The van der Waals surface area contributed by atoms with Crippen molar-refractivity contribution in [3.63, 3.8) is 0 Å². The van der Waals surface area contributed by atoms with Gasteiger partial charge in [-0.1, -0.05) is 17.2 Å². The molecule has 4 rings (SSSR count). The van der Waals surface area contributed by atoms with Crippen LogP contribution in [0.1, 0.15) is 36.6 Å². The highest BCUT2D eigenvalue weighted by molar-refractivity contribution is 6.21. The minimum absolute atomic E-state index is 0.171. The molecule has 130 valence electrons. The van der Waals surface area contributed by atoms with Crippen LogP contribution in [0.15, 0.2) is 42.5 Å². The fourth-order valence-corrected chi connectivity index (χ4v) is 2.90. The van der Waals surface area contributed by atoms with E-state index in [0.717, 1.165) is 5.56 Å². The molecule has 0 aliphatic carbocycles. The van der Waals surface area contributed by atoms with Gasteiger partial charge in [-0.15, -0.1) is 0 Å². The lowest BCUT2D eigenvalue weighted by Gasteiger charge is -2.26. The number of rotatable bonds is 2. The summed E-state index contributed by atoms with van der Waals surface area (Å²) in [6, 6.07) is 10.6. The largest absolute Gasteiger partial charge is 0.363 e. The summed E-state index contributed by atoms with van der Waals surface area (Å²) in [6.45, 7) is 0.329. The molecule has 0 atom stereocenters. The smallest absolute Gasteiger partial charge is 0.324 e. The quantitative estimate of drug-likeness (QED) is 0.835. The van der Waals surface area contributed by atoms with E-state index in [4.69, 9.17) is 4.84 Å². The third-order valence-electron chi connectivity index (χ3n) is 4.27. The first-order chi connectivity index (χ1) is 12.5. The van der Waals surface area contributed by atoms with E-state index in [-0.39, 0.29) is 22.7 Å². The minimum atomic E-state index is -0.832. The van der Waals surface area contributed by atoms with E-state index >= 15 is 0 Å². The number of amides is 4. The van der Waals surface area contributed by atoms with E-state index in [2.05, 4.69) is 5.32 Å². The average molecular weight is 351 g/mol. The molecule has 2 aliphatic rings. The summed E-state index contributed by atoms with van der Waals surface area (Å²) in [6.07, 6.45) is 0. The van der Waals surface area contributed by atoms with Gasteiger partial charge >= 0.3 is 12.0 Å². The Labute approximate surface area is 147 Å². The summed E-state index contributed by atoms with van der Waals surface area (Å²) in [7, 11) is 1.63. The van der Waals surface area contributed by atoms with Crippen molar-refractivity contribution in [1.29, 1.82) is 0 Å². The molecule has 1 N–H and O–H groups in total. The summed E-state index contributed by atoms with van der Waals surface area (Å²) in [5, 5.41) is 3.16. The van der Waals surface area contributed by atoms with Crippen LogP contribution < -0.4 is 5.32 Å². The van der Waals surface area contributed by atoms with Crippen LogP contribution >= 0.6 is 0 Å². The van der Waals surface area contributed by atoms with Gasteiger partial charge in [0.1, 0.15) is 0 Å². The van der Waals surface area contributed by atoms with Gasteiger partial charge in [-0.2, -0.15) is 0 Å². The van der Waals surface area contributed by atoms with Crippen molar-refractivity contribution >= 4 is 29.5 Å². The Morgan fingerprint density at radius 2 is 1.69 bits per heavy atom. The van der Waals surface area contributed by atoms with E-state index in [0.29, 0.717) is 17.3 Å². The molecule has 2 aromatic carbocycles. The molecule has 26 heavy (non-hydrogen) atoms. The van der Waals surface area contributed by atoms with Gasteiger partial charge in [0.05, 0.1) is 16.7 Å². The van der Waals surface area contributed by atoms with Crippen molar-refractivity contribution in [2.75, 3.05) is 12.4 Å². The maximum atomic E-state index is 12.4. The predicted octanol–water partition coefficient (Wildman–Crippen LogP) is 2.03. The molecule has 2 heterocycles. The average Bonchev–Trinajstić information content (AvgIpc) is 2.87. The van der Waals surface area contributed by atoms with Gasteiger partial charge in [0.2, 0.25) is 0 Å². The summed E-state index contributed by atoms with van der Waals surface area (Å²) in [5.74, 6) is -2.19. The molecular weight excluding hydrogens is 338 g/mol. The molecule has 0 fully saturated rings. The van der Waals surface area contributed by atoms with Crippen molar-refractivity contribution in [3.05, 3.63) is 64.7 Å². The molecular formula is C18H13N3O5. The number of benzene rings is 2. The van der Waals surface area contributed by atoms with Crippen LogP contribution in [-0.2, 0) is 11.4 Å². The number of nitrogens with zero attached hydrogens (tertiary/aromatic N) is 2. The number of urea groups is 1. The molecule has 0 bridgehead atoms. The summed E-state index contributed by atoms with van der Waals surface area (Å²) in [4.78, 5) is 55.0. The van der Waals surface area contributed by atoms with E-state index in [1.165, 1.54) is 23.1 Å². The van der Waals surface area contributed by atoms with E-state index in [9.17, 15) is 19.2 Å². The minimum Gasteiger partial charge on any atom is -0.324 e. The number of imide groups is 1. The first kappa shape index (κ1) is 15.8. The van der Waals surface area contributed by atoms with E-state index in [1.54, 1.807) is 31.3 Å². The Morgan fingerprint density at radius 1 is 1.04 bits per heavy atom. The monoisotopic (exact) mass is 351 g/mol. The standard InChI is InChI=1S/C18H13N3O5/c1-20-9-11-8-10(6-7-14(11)19-18(20)25)17(24)26-21-15(22)12-4-2-3-5-13(12)16(21)23/h2-8H,9H2,1H3,(H,19,25). The van der Waals surface area contributed by atoms with Crippen molar-refractivity contribution in [1.82, 2.24) is 9.96 Å². The Morgan fingerprint density at radius 3 is 2.35 bits per heavy atom. The highest BCUT2D eigenvalue weighted by atomic mass is 16.7. The molecule has 0 saturated carbocycles. The second-order valence-corrected chi connectivity index (χ2v) is 5.99. The van der Waals surface area contributed by atoms with Gasteiger partial charge in [0.25, 0.3) is 11.8 Å². The Hall–Kier alpha value is -3.68. The highest BCUT2D eigenvalue weighted by Gasteiger charge is 2.38. The number of anilines is 1. The molecule has 8 heteroatoms. The summed E-state index contributed by atoms with van der Waals surface area (Å²) >= 11 is 0. The van der Waals surface area contributed by atoms with Crippen LogP contribution in [0.2, 0.25) is 0 Å². The molecule has 0 unspecified atom stereocenters. The van der Waals surface area contributed by atoms with Gasteiger partial charge in [-0.25, -0.2) is 9.59 Å². The zero-order chi connectivity index (χ0) is 18.4. The first-order valence-corrected chi connectivity index (χ1v) is 7.81. The predicted molar refractivity (Wildman–Crippen MR) is 89.3 cm³/mol. The molecule has 2 aliphatic heterocycles. The van der Waals surface area contributed by atoms with Crippen molar-refractivity contribution in [2.24, 2.45) is 0 Å². The molecule has 8 nitrogen and oxygen atoms in total. The van der Waals surface area contributed by atoms with Crippen LogP contribution in [0, 0.1) is 0 Å². The third-order valence-corrected chi connectivity index (χ3v) is 4.27. The maximum Gasteiger partial charge on any atom is 0.363 e. The number of nitrogens with one attached hydrogen (secondary N) is 1. The normalized spacial score (nSPS) is 15.5. The lowest BCUT2D eigenvalue weighted by Crippen LogP contribution is -2.36. The second-order valence-electron chi connectivity index (χ2n) is 5.99. The van der Waals surface area contributed by atoms with E-state index in [1.807, 2.05) is 0 Å². The van der Waals surface area contributed by atoms with Crippen molar-refractivity contribution < 1.29 is 24.0 Å². The van der Waals surface area contributed by atoms with Gasteiger partial charge in [0, 0.05) is 19.3 Å². The second kappa shape index (κ2) is 5.69. The fraction of sp³-hybridized carbons (Fsp3) is 0.111. The first-order valence-electron chi connectivity index (χ1n) is 7.81. The Bertz CT molecular complexity index is 950. The summed E-state index contributed by atoms with van der Waals surface area (Å²) < 4.78 is 0. The van der Waals surface area contributed by atoms with Crippen LogP contribution in [0.25, 0.3) is 0 Å². The maximum absolute atomic E-state index is 12.4. The lowest BCUT2D eigenvalue weighted by atomic mass is 10.1. The number of hydroxylamine groups is 2. The third kappa shape index (κ3) is 2.39. The van der Waals surface area contributed by atoms with Gasteiger partial charge in [-0.05, 0) is 35.9 Å². The molecule has 0 aromatic heterocycles. The Balaban J connectivity index is 1.57. The van der Waals surface area contributed by atoms with Gasteiger partial charge in [0.15, 0.2) is 0 Å². The van der Waals surface area contributed by atoms with Gasteiger partial charge in [-0.3, -0.25) is 9.59 Å². The van der Waals surface area contributed by atoms with Gasteiger partial charge < -0.3 is 15.1 Å². The van der Waals surface area contributed by atoms with E-state index < -0.39 is 17.8 Å². The fourth-order valence-electron chi connectivity index (χ4n) is 2.90. The van der Waals surface area contributed by atoms with Crippen LogP contribution in [0.4, 0.5) is 10.5 Å². The molecule has 2 aromatic rings. The summed E-state index contributed by atoms with van der Waals surface area (Å²) in [5.41, 5.74) is 1.89. The lowest BCUT2D eigenvalue weighted by molar-refractivity contribution is -0.0584. The molecule has 0 saturated heterocycles. The zero-order valence-electron chi connectivity index (χ0n) is 13.7. The topological polar surface area (TPSA) is 96.0 Å².